The molecule has 0 unspecified atom stereocenters. The second-order valence-corrected chi connectivity index (χ2v) is 16.7. The summed E-state index contributed by atoms with van der Waals surface area (Å²) in [4.78, 5) is 82.4. The minimum Gasteiger partial charge on any atom is -0.496 e. The highest BCUT2D eigenvalue weighted by molar-refractivity contribution is 6.30. The monoisotopic (exact) mass is 883 g/mol. The largest absolute Gasteiger partial charge is 0.496 e. The van der Waals surface area contributed by atoms with Gasteiger partial charge in [-0.05, 0) is 118 Å². The Bertz CT molecular complexity index is 2310. The lowest BCUT2D eigenvalue weighted by atomic mass is 9.93. The van der Waals surface area contributed by atoms with Crippen molar-refractivity contribution in [1.29, 1.82) is 0 Å². The number of nitrogens with one attached hydrogen (secondary N) is 4. The van der Waals surface area contributed by atoms with Crippen molar-refractivity contribution in [3.63, 3.8) is 0 Å². The first kappa shape index (κ1) is 47.4. The highest BCUT2D eigenvalue weighted by Gasteiger charge is 2.36. The number of benzene rings is 4. The topological polar surface area (TPSA) is 202 Å². The number of alkyl carbamates (subject to hydrolysis) is 1. The van der Waals surface area contributed by atoms with Gasteiger partial charge in [-0.15, -0.1) is 0 Å². The molecule has 4 aromatic rings. The number of amides is 5. The molecule has 1 heterocycles. The number of fused-ring (bicyclic) bond motifs is 5. The molecule has 0 fully saturated rings. The van der Waals surface area contributed by atoms with Crippen LogP contribution in [0.25, 0.3) is 22.3 Å². The molecule has 5 amide bonds. The van der Waals surface area contributed by atoms with E-state index in [1.165, 1.54) is 33.1 Å². The number of nitrogens with zero attached hydrogens (tertiary/aromatic N) is 1. The predicted molar refractivity (Wildman–Crippen MR) is 238 cm³/mol. The number of likely N-dealkylation sites (N-methyl/N-ethyl adjacent to an activating group) is 1. The molecule has 4 atom stereocenters. The average molecular weight is 884 g/mol. The fourth-order valence-corrected chi connectivity index (χ4v) is 7.27. The molecule has 16 heteroatoms. The van der Waals surface area contributed by atoms with E-state index >= 15 is 0 Å². The molecule has 4 bridgehead atoms. The lowest BCUT2D eigenvalue weighted by molar-refractivity contribution is -0.143. The zero-order chi connectivity index (χ0) is 46.0. The van der Waals surface area contributed by atoms with Gasteiger partial charge in [-0.25, -0.2) is 9.59 Å². The van der Waals surface area contributed by atoms with Crippen LogP contribution in [0.2, 0.25) is 5.02 Å². The number of aliphatic carboxylic acids is 1. The van der Waals surface area contributed by atoms with Crippen LogP contribution in [0, 0.1) is 0 Å². The number of hydrogen-bond donors (Lipinski definition) is 5. The van der Waals surface area contributed by atoms with Crippen molar-refractivity contribution < 1.29 is 48.1 Å². The number of methoxy groups -OCH3 is 2. The van der Waals surface area contributed by atoms with Gasteiger partial charge in [0.25, 0.3) is 5.91 Å². The van der Waals surface area contributed by atoms with Gasteiger partial charge in [-0.2, -0.15) is 0 Å². The first-order valence-corrected chi connectivity index (χ1v) is 20.9. The molecule has 0 radical (unpaired) electrons. The van der Waals surface area contributed by atoms with E-state index < -0.39 is 65.5 Å². The summed E-state index contributed by atoms with van der Waals surface area (Å²) in [5.41, 5.74) is 3.23. The maximum atomic E-state index is 14.8. The van der Waals surface area contributed by atoms with Gasteiger partial charge in [0.15, 0.2) is 0 Å². The summed E-state index contributed by atoms with van der Waals surface area (Å²) >= 11 is 6.07. The summed E-state index contributed by atoms with van der Waals surface area (Å²) in [6, 6.07) is 19.1. The van der Waals surface area contributed by atoms with Gasteiger partial charge in [-0.3, -0.25) is 19.2 Å². The Morgan fingerprint density at radius 2 is 1.44 bits per heavy atom. The summed E-state index contributed by atoms with van der Waals surface area (Å²) in [6.07, 6.45) is 0.258. The Labute approximate surface area is 371 Å². The van der Waals surface area contributed by atoms with Crippen LogP contribution in [-0.4, -0.2) is 97.2 Å². The summed E-state index contributed by atoms with van der Waals surface area (Å²) in [5.74, 6) is -3.12. The molecule has 0 aromatic heterocycles. The van der Waals surface area contributed by atoms with Gasteiger partial charge in [0.2, 0.25) is 17.7 Å². The Kier molecular flexibility index (Phi) is 15.8. The van der Waals surface area contributed by atoms with E-state index in [2.05, 4.69) is 21.3 Å². The number of carbonyl (C=O) groups excluding carboxylic acids is 5. The van der Waals surface area contributed by atoms with Gasteiger partial charge in [0, 0.05) is 41.7 Å². The van der Waals surface area contributed by atoms with Crippen LogP contribution in [0.15, 0.2) is 84.9 Å². The fourth-order valence-electron chi connectivity index (χ4n) is 7.15. The third kappa shape index (κ3) is 12.5. The molecule has 0 saturated carbocycles. The SMILES string of the molecule is COc1ccc2cc1-c1cc(ccc1OC)[C@H](N(C)C(=O)[C@H](CCCCNC(=O)OC(C)(C)C)NC(=O)c1ccc(-c3ccc(Cl)cc3)cc1)C(=O)N[C@@H](C)C(=O)N[C@H](C(=O)O)C2. The molecule has 5 N–H and O–H groups in total. The van der Waals surface area contributed by atoms with Crippen molar-refractivity contribution in [3.8, 4) is 33.8 Å². The maximum Gasteiger partial charge on any atom is 0.407 e. The standard InChI is InChI=1S/C47H54ClN5O10/c1-27-41(54)52-37(45(58)59)25-28-11-21-38(61-6)34(24-28)35-26-32(18-22-39(35)62-7)40(43(56)50-27)53(5)44(57)36(10-8-9-23-49-46(60)63-47(2,3)4)51-42(55)31-14-12-29(13-15-31)30-16-19-33(48)20-17-30/h11-22,24,26-27,36-37,40H,8-10,23,25H2,1-7H3,(H,49,60)(H,50,56)(H,51,55)(H,52,54)(H,58,59)/t27-,36-,37-,40-/m0/s1. The molecule has 1 aliphatic heterocycles. The van der Waals surface area contributed by atoms with Crippen LogP contribution in [0.5, 0.6) is 11.5 Å². The molecule has 63 heavy (non-hydrogen) atoms. The second-order valence-electron chi connectivity index (χ2n) is 16.2. The molecule has 1 aliphatic rings. The molecule has 334 valence electrons. The van der Waals surface area contributed by atoms with E-state index in [-0.39, 0.29) is 24.9 Å². The molecule has 0 aliphatic carbocycles. The molecule has 0 spiro atoms. The van der Waals surface area contributed by atoms with Gasteiger partial charge in [-0.1, -0.05) is 48.0 Å². The minimum atomic E-state index is -1.38. The normalized spacial score (nSPS) is 16.9. The van der Waals surface area contributed by atoms with Crippen molar-refractivity contribution in [1.82, 2.24) is 26.2 Å². The van der Waals surface area contributed by atoms with Crippen molar-refractivity contribution in [2.24, 2.45) is 0 Å². The predicted octanol–water partition coefficient (Wildman–Crippen LogP) is 6.31. The minimum absolute atomic E-state index is 0.0721. The van der Waals surface area contributed by atoms with Crippen LogP contribution >= 0.6 is 11.6 Å². The van der Waals surface area contributed by atoms with Gasteiger partial charge >= 0.3 is 12.1 Å². The molecule has 15 nitrogen and oxygen atoms in total. The first-order valence-electron chi connectivity index (χ1n) is 20.5. The van der Waals surface area contributed by atoms with Gasteiger partial charge in [0.05, 0.1) is 14.2 Å². The molecular formula is C47H54ClN5O10. The van der Waals surface area contributed by atoms with Gasteiger partial charge in [0.1, 0.15) is 41.3 Å². The molecule has 0 saturated heterocycles. The fraction of sp³-hybridized carbons (Fsp3) is 0.362. The number of rotatable bonds is 13. The van der Waals surface area contributed by atoms with Crippen LogP contribution in [0.1, 0.15) is 74.5 Å². The Hall–Kier alpha value is -6.61. The number of hydrogen-bond acceptors (Lipinski definition) is 9. The summed E-state index contributed by atoms with van der Waals surface area (Å²) in [7, 11) is 4.38. The third-order valence-corrected chi connectivity index (χ3v) is 10.7. The zero-order valence-corrected chi connectivity index (χ0v) is 37.1. The molecular weight excluding hydrogens is 830 g/mol. The Balaban J connectivity index is 1.51. The molecule has 5 rings (SSSR count). The molecule has 4 aromatic carbocycles. The number of carboxylic acids is 1. The quantitative estimate of drug-likeness (QED) is 0.0948. The lowest BCUT2D eigenvalue weighted by Gasteiger charge is -2.32. The summed E-state index contributed by atoms with van der Waals surface area (Å²) in [5, 5.41) is 21.4. The van der Waals surface area contributed by atoms with Crippen molar-refractivity contribution in [2.75, 3.05) is 27.8 Å². The van der Waals surface area contributed by atoms with E-state index in [9.17, 15) is 33.9 Å². The van der Waals surface area contributed by atoms with Crippen molar-refractivity contribution >= 4 is 47.3 Å². The number of carbonyl (C=O) groups is 6. The van der Waals surface area contributed by atoms with Crippen LogP contribution in [-0.2, 0) is 30.3 Å². The van der Waals surface area contributed by atoms with Crippen molar-refractivity contribution in [2.45, 2.75) is 83.1 Å². The Morgan fingerprint density at radius 3 is 2.05 bits per heavy atom. The number of ether oxygens (including phenoxy) is 3. The highest BCUT2D eigenvalue weighted by atomic mass is 35.5. The maximum absolute atomic E-state index is 14.8. The third-order valence-electron chi connectivity index (χ3n) is 10.4. The summed E-state index contributed by atoms with van der Waals surface area (Å²) in [6.45, 7) is 6.91. The lowest BCUT2D eigenvalue weighted by Crippen LogP contribution is -2.54. The van der Waals surface area contributed by atoms with E-state index in [4.69, 9.17) is 25.8 Å². The number of carboxylic acid groups (broad SMARTS) is 1. The zero-order valence-electron chi connectivity index (χ0n) is 36.4. The van der Waals surface area contributed by atoms with Crippen LogP contribution < -0.4 is 30.7 Å². The van der Waals surface area contributed by atoms with E-state index in [1.54, 1.807) is 93.6 Å². The first-order chi connectivity index (χ1) is 29.9. The average Bonchev–Trinajstić information content (AvgIpc) is 3.24. The van der Waals surface area contributed by atoms with Crippen molar-refractivity contribution in [3.05, 3.63) is 107 Å². The smallest absolute Gasteiger partial charge is 0.407 e. The van der Waals surface area contributed by atoms with E-state index in [0.29, 0.717) is 51.6 Å². The van der Waals surface area contributed by atoms with E-state index in [1.807, 2.05) is 12.1 Å². The highest BCUT2D eigenvalue weighted by Crippen LogP contribution is 2.40. The number of unbranched alkanes of at least 4 members (excludes halogenated alkanes) is 1. The van der Waals surface area contributed by atoms with Crippen LogP contribution in [0.3, 0.4) is 0 Å². The second kappa shape index (κ2) is 21.0. The number of halogens is 1. The van der Waals surface area contributed by atoms with Gasteiger partial charge < -0.3 is 45.5 Å². The van der Waals surface area contributed by atoms with E-state index in [0.717, 1.165) is 11.1 Å². The Morgan fingerprint density at radius 1 is 0.841 bits per heavy atom. The van der Waals surface area contributed by atoms with Crippen LogP contribution in [0.4, 0.5) is 4.79 Å². The summed E-state index contributed by atoms with van der Waals surface area (Å²) < 4.78 is 16.8.